The summed E-state index contributed by atoms with van der Waals surface area (Å²) in [4.78, 5) is 15.6. The molecule has 0 aliphatic carbocycles. The van der Waals surface area contributed by atoms with E-state index in [1.807, 2.05) is 49.5 Å². The van der Waals surface area contributed by atoms with E-state index in [0.717, 1.165) is 25.2 Å². The lowest BCUT2D eigenvalue weighted by Crippen LogP contribution is -2.13. The van der Waals surface area contributed by atoms with Crippen LogP contribution < -0.4 is 10.6 Å². The fourth-order valence-electron chi connectivity index (χ4n) is 2.01. The minimum atomic E-state index is 0. The number of hydrogen-bond acceptors (Lipinski definition) is 3. The van der Waals surface area contributed by atoms with Gasteiger partial charge in [-0.25, -0.2) is 0 Å². The summed E-state index contributed by atoms with van der Waals surface area (Å²) in [6.07, 6.45) is 5.06. The molecule has 0 aliphatic rings. The van der Waals surface area contributed by atoms with E-state index < -0.39 is 0 Å². The Morgan fingerprint density at radius 3 is 2.45 bits per heavy atom. The molecule has 0 atom stereocenters. The summed E-state index contributed by atoms with van der Waals surface area (Å²) in [5.74, 6) is 0.0694. The molecule has 0 fully saturated rings. The molecule has 1 amide bonds. The van der Waals surface area contributed by atoms with Gasteiger partial charge in [0.25, 0.3) is 0 Å². The third kappa shape index (κ3) is 6.24. The Hall–Kier alpha value is -1.91. The van der Waals surface area contributed by atoms with Gasteiger partial charge in [0.1, 0.15) is 0 Å². The zero-order valence-corrected chi connectivity index (χ0v) is 13.5. The molecule has 4 nitrogen and oxygen atoms in total. The van der Waals surface area contributed by atoms with Gasteiger partial charge in [0.15, 0.2) is 0 Å². The van der Waals surface area contributed by atoms with Gasteiger partial charge in [0.05, 0.1) is 0 Å². The molecule has 0 saturated heterocycles. The summed E-state index contributed by atoms with van der Waals surface area (Å²) in [6.45, 7) is 3.58. The van der Waals surface area contributed by atoms with Crippen LogP contribution in [0.25, 0.3) is 0 Å². The zero-order chi connectivity index (χ0) is 14.9. The van der Waals surface area contributed by atoms with Gasteiger partial charge in [0.2, 0.25) is 5.91 Å². The Bertz CT molecular complexity index is 558. The molecule has 0 radical (unpaired) electrons. The van der Waals surface area contributed by atoms with Crippen LogP contribution in [0.2, 0.25) is 0 Å². The number of benzene rings is 1. The van der Waals surface area contributed by atoms with E-state index in [1.165, 1.54) is 11.1 Å². The number of aromatic nitrogens is 1. The summed E-state index contributed by atoms with van der Waals surface area (Å²) in [6, 6.07) is 11.9. The van der Waals surface area contributed by atoms with Crippen LogP contribution in [0.1, 0.15) is 30.9 Å². The quantitative estimate of drug-likeness (QED) is 0.821. The van der Waals surface area contributed by atoms with Crippen LogP contribution in [0.15, 0.2) is 48.8 Å². The van der Waals surface area contributed by atoms with Gasteiger partial charge in [-0.3, -0.25) is 9.78 Å². The van der Waals surface area contributed by atoms with Gasteiger partial charge in [-0.2, -0.15) is 0 Å². The van der Waals surface area contributed by atoms with Crippen LogP contribution in [0.5, 0.6) is 0 Å². The highest BCUT2D eigenvalue weighted by Crippen LogP contribution is 2.10. The summed E-state index contributed by atoms with van der Waals surface area (Å²) >= 11 is 0. The van der Waals surface area contributed by atoms with Crippen LogP contribution >= 0.6 is 12.4 Å². The fraction of sp³-hybridized carbons (Fsp3) is 0.294. The number of carbonyl (C=O) groups excluding carboxylic acids is 1. The van der Waals surface area contributed by atoms with E-state index in [9.17, 15) is 4.79 Å². The highest BCUT2D eigenvalue weighted by atomic mass is 35.5. The number of amides is 1. The van der Waals surface area contributed by atoms with Gasteiger partial charge in [-0.1, -0.05) is 25.1 Å². The maximum Gasteiger partial charge on any atom is 0.224 e. The molecule has 0 bridgehead atoms. The predicted octanol–water partition coefficient (Wildman–Crippen LogP) is 3.53. The van der Waals surface area contributed by atoms with Gasteiger partial charge in [0, 0.05) is 37.6 Å². The third-order valence-corrected chi connectivity index (χ3v) is 3.10. The van der Waals surface area contributed by atoms with E-state index in [2.05, 4.69) is 15.6 Å². The first kappa shape index (κ1) is 18.1. The smallest absolute Gasteiger partial charge is 0.224 e. The summed E-state index contributed by atoms with van der Waals surface area (Å²) in [5.41, 5.74) is 3.21. The first-order valence-electron chi connectivity index (χ1n) is 7.26. The molecule has 1 aromatic heterocycles. The summed E-state index contributed by atoms with van der Waals surface area (Å²) in [7, 11) is 0. The number of halogens is 1. The fourth-order valence-corrected chi connectivity index (χ4v) is 2.01. The molecule has 2 N–H and O–H groups in total. The summed E-state index contributed by atoms with van der Waals surface area (Å²) < 4.78 is 0. The molecule has 5 heteroatoms. The SMILES string of the molecule is CCCC(=O)Nc1ccc(CNCc2cccnc2)cc1.Cl. The second-order valence-electron chi connectivity index (χ2n) is 4.96. The van der Waals surface area contributed by atoms with Crippen molar-refractivity contribution in [3.05, 3.63) is 59.9 Å². The van der Waals surface area contributed by atoms with Crippen molar-refractivity contribution in [2.24, 2.45) is 0 Å². The van der Waals surface area contributed by atoms with Crippen LogP contribution in [0, 0.1) is 0 Å². The molecule has 0 saturated carbocycles. The summed E-state index contributed by atoms with van der Waals surface area (Å²) in [5, 5.41) is 6.26. The second-order valence-corrected chi connectivity index (χ2v) is 4.96. The average molecular weight is 320 g/mol. The van der Waals surface area contributed by atoms with Crippen molar-refractivity contribution in [3.63, 3.8) is 0 Å². The number of rotatable bonds is 7. The molecule has 1 aromatic carbocycles. The van der Waals surface area contributed by atoms with Crippen molar-refractivity contribution < 1.29 is 4.79 Å². The van der Waals surface area contributed by atoms with E-state index in [1.54, 1.807) is 6.20 Å². The second kappa shape index (κ2) is 9.92. The lowest BCUT2D eigenvalue weighted by atomic mass is 10.2. The molecule has 22 heavy (non-hydrogen) atoms. The minimum Gasteiger partial charge on any atom is -0.326 e. The third-order valence-electron chi connectivity index (χ3n) is 3.10. The minimum absolute atomic E-state index is 0. The molecule has 2 rings (SSSR count). The first-order valence-corrected chi connectivity index (χ1v) is 7.26. The average Bonchev–Trinajstić information content (AvgIpc) is 2.50. The lowest BCUT2D eigenvalue weighted by Gasteiger charge is -2.07. The number of nitrogens with one attached hydrogen (secondary N) is 2. The largest absolute Gasteiger partial charge is 0.326 e. The van der Waals surface area contributed by atoms with Crippen LogP contribution in [-0.4, -0.2) is 10.9 Å². The first-order chi connectivity index (χ1) is 10.3. The van der Waals surface area contributed by atoms with Gasteiger partial charge in [-0.05, 0) is 35.7 Å². The van der Waals surface area contributed by atoms with Crippen molar-refractivity contribution in [1.82, 2.24) is 10.3 Å². The van der Waals surface area contributed by atoms with Crippen molar-refractivity contribution in [2.45, 2.75) is 32.9 Å². The molecule has 0 spiro atoms. The maximum atomic E-state index is 11.5. The molecule has 118 valence electrons. The molecular weight excluding hydrogens is 298 g/mol. The molecule has 0 aliphatic heterocycles. The standard InChI is InChI=1S/C17H21N3O.ClH/c1-2-4-17(21)20-16-8-6-14(7-9-16)11-19-13-15-5-3-10-18-12-15;/h3,5-10,12,19H,2,4,11,13H2,1H3,(H,20,21);1H. The van der Waals surface area contributed by atoms with Gasteiger partial charge < -0.3 is 10.6 Å². The Labute approximate surface area is 137 Å². The van der Waals surface area contributed by atoms with Crippen LogP contribution in [0.4, 0.5) is 5.69 Å². The monoisotopic (exact) mass is 319 g/mol. The number of nitrogens with zero attached hydrogens (tertiary/aromatic N) is 1. The highest BCUT2D eigenvalue weighted by Gasteiger charge is 2.00. The van der Waals surface area contributed by atoms with Crippen molar-refractivity contribution in [1.29, 1.82) is 0 Å². The number of anilines is 1. The molecule has 1 heterocycles. The van der Waals surface area contributed by atoms with Crippen molar-refractivity contribution in [3.8, 4) is 0 Å². The zero-order valence-electron chi connectivity index (χ0n) is 12.7. The lowest BCUT2D eigenvalue weighted by molar-refractivity contribution is -0.116. The van der Waals surface area contributed by atoms with Crippen molar-refractivity contribution in [2.75, 3.05) is 5.32 Å². The Balaban J connectivity index is 0.00000242. The molecule has 2 aromatic rings. The van der Waals surface area contributed by atoms with Gasteiger partial charge >= 0.3 is 0 Å². The molecule has 0 unspecified atom stereocenters. The van der Waals surface area contributed by atoms with Crippen molar-refractivity contribution >= 4 is 24.0 Å². The van der Waals surface area contributed by atoms with E-state index in [0.29, 0.717) is 6.42 Å². The van der Waals surface area contributed by atoms with Crippen LogP contribution in [0.3, 0.4) is 0 Å². The highest BCUT2D eigenvalue weighted by molar-refractivity contribution is 5.90. The number of carbonyl (C=O) groups is 1. The van der Waals surface area contributed by atoms with E-state index >= 15 is 0 Å². The normalized spacial score (nSPS) is 9.86. The molecular formula is C17H22ClN3O. The number of hydrogen-bond donors (Lipinski definition) is 2. The maximum absolute atomic E-state index is 11.5. The Kier molecular flexibility index (Phi) is 8.18. The van der Waals surface area contributed by atoms with E-state index in [4.69, 9.17) is 0 Å². The topological polar surface area (TPSA) is 54.0 Å². The van der Waals surface area contributed by atoms with Crippen LogP contribution in [-0.2, 0) is 17.9 Å². The van der Waals surface area contributed by atoms with E-state index in [-0.39, 0.29) is 18.3 Å². The Morgan fingerprint density at radius 2 is 1.82 bits per heavy atom. The number of pyridine rings is 1. The van der Waals surface area contributed by atoms with Gasteiger partial charge in [-0.15, -0.1) is 12.4 Å². The predicted molar refractivity (Wildman–Crippen MR) is 92.0 cm³/mol. The Morgan fingerprint density at radius 1 is 1.09 bits per heavy atom.